The number of rotatable bonds is 12. The number of imidazole rings is 1. The van der Waals surface area contributed by atoms with Gasteiger partial charge in [-0.1, -0.05) is 19.1 Å². The molecule has 0 saturated heterocycles. The van der Waals surface area contributed by atoms with Gasteiger partial charge in [0.15, 0.2) is 17.3 Å². The van der Waals surface area contributed by atoms with Crippen LogP contribution in [0.1, 0.15) is 41.9 Å². The number of aromatic nitrogens is 4. The van der Waals surface area contributed by atoms with Crippen molar-refractivity contribution in [2.24, 2.45) is 0 Å². The quantitative estimate of drug-likeness (QED) is 0.314. The number of alkyl halides is 3. The van der Waals surface area contributed by atoms with Crippen molar-refractivity contribution in [1.82, 2.24) is 24.2 Å². The van der Waals surface area contributed by atoms with Crippen LogP contribution in [0.15, 0.2) is 36.7 Å². The van der Waals surface area contributed by atoms with Crippen LogP contribution < -0.4 is 4.90 Å². The second kappa shape index (κ2) is 13.4. The van der Waals surface area contributed by atoms with Crippen molar-refractivity contribution >= 4 is 17.8 Å². The number of fused-ring (bicyclic) bond motifs is 1. The maximum absolute atomic E-state index is 13.6. The van der Waals surface area contributed by atoms with Crippen molar-refractivity contribution in [3.63, 3.8) is 0 Å². The van der Waals surface area contributed by atoms with Gasteiger partial charge in [-0.25, -0.2) is 14.3 Å². The number of methoxy groups -OCH3 is 1. The predicted octanol–water partition coefficient (Wildman–Crippen LogP) is 3.43. The van der Waals surface area contributed by atoms with Crippen LogP contribution in [0.25, 0.3) is 11.4 Å². The van der Waals surface area contributed by atoms with Gasteiger partial charge in [-0.05, 0) is 31.0 Å². The summed E-state index contributed by atoms with van der Waals surface area (Å²) in [5.41, 5.74) is -0.190. The first-order valence-electron chi connectivity index (χ1n) is 13.4. The number of hydrogen-bond donors (Lipinski definition) is 1. The zero-order valence-corrected chi connectivity index (χ0v) is 23.5. The highest BCUT2D eigenvalue weighted by molar-refractivity contribution is 6.03. The van der Waals surface area contributed by atoms with E-state index < -0.39 is 30.1 Å². The molecule has 1 unspecified atom stereocenters. The van der Waals surface area contributed by atoms with Crippen LogP contribution >= 0.6 is 0 Å². The van der Waals surface area contributed by atoms with E-state index >= 15 is 0 Å². The minimum absolute atomic E-state index is 0.0105. The van der Waals surface area contributed by atoms with E-state index in [1.165, 1.54) is 40.1 Å². The van der Waals surface area contributed by atoms with Crippen LogP contribution in [-0.4, -0.2) is 94.3 Å². The molecule has 0 saturated carbocycles. The van der Waals surface area contributed by atoms with E-state index in [1.54, 1.807) is 13.0 Å². The van der Waals surface area contributed by atoms with Gasteiger partial charge in [0, 0.05) is 26.4 Å². The lowest BCUT2D eigenvalue weighted by Crippen LogP contribution is -2.56. The number of hydrogen-bond acceptors (Lipinski definition) is 9. The van der Waals surface area contributed by atoms with E-state index in [-0.39, 0.29) is 50.2 Å². The third kappa shape index (κ3) is 6.58. The van der Waals surface area contributed by atoms with Crippen molar-refractivity contribution in [3.05, 3.63) is 53.5 Å². The maximum Gasteiger partial charge on any atom is 0.420 e. The van der Waals surface area contributed by atoms with E-state index in [1.807, 2.05) is 6.92 Å². The average Bonchev–Trinajstić information content (AvgIpc) is 3.58. The standard InChI is InChI=1S/C27H33F3N6O6/c1-4-9-35-24(37)21-23(34(5-2)25(35)38)32-22(36(21)26(39)42-13-12-41-11-10-40-3)19-15-31-33(17-19)16-18-7-6-8-20(14-18)27(28,29)30/h6-8,14-15,17,25,38H,4-5,9-13,16H2,1-3H3. The fourth-order valence-electron chi connectivity index (χ4n) is 4.56. The highest BCUT2D eigenvalue weighted by atomic mass is 19.4. The van der Waals surface area contributed by atoms with Crippen molar-refractivity contribution in [3.8, 4) is 11.4 Å². The van der Waals surface area contributed by atoms with Gasteiger partial charge < -0.3 is 24.2 Å². The van der Waals surface area contributed by atoms with Crippen LogP contribution in [0.5, 0.6) is 0 Å². The fraction of sp³-hybridized carbons (Fsp3) is 0.481. The first-order chi connectivity index (χ1) is 20.1. The maximum atomic E-state index is 13.6. The van der Waals surface area contributed by atoms with Crippen LogP contribution in [0.4, 0.5) is 23.8 Å². The van der Waals surface area contributed by atoms with Gasteiger partial charge in [-0.2, -0.15) is 18.3 Å². The summed E-state index contributed by atoms with van der Waals surface area (Å²) in [7, 11) is 1.53. The zero-order valence-electron chi connectivity index (χ0n) is 23.5. The summed E-state index contributed by atoms with van der Waals surface area (Å²) in [5.74, 6) is -0.485. The average molecular weight is 595 g/mol. The van der Waals surface area contributed by atoms with Crippen LogP contribution in [0, 0.1) is 0 Å². The number of anilines is 1. The monoisotopic (exact) mass is 594 g/mol. The summed E-state index contributed by atoms with van der Waals surface area (Å²) in [6, 6.07) is 4.88. The Morgan fingerprint density at radius 2 is 1.88 bits per heavy atom. The number of carbonyl (C=O) groups excluding carboxylic acids is 2. The summed E-state index contributed by atoms with van der Waals surface area (Å²) >= 11 is 0. The van der Waals surface area contributed by atoms with Crippen molar-refractivity contribution in [2.45, 2.75) is 39.3 Å². The second-order valence-corrected chi connectivity index (χ2v) is 9.42. The van der Waals surface area contributed by atoms with Crippen LogP contribution in [0.2, 0.25) is 0 Å². The van der Waals surface area contributed by atoms with E-state index in [0.29, 0.717) is 30.8 Å². The predicted molar refractivity (Wildman–Crippen MR) is 144 cm³/mol. The molecular weight excluding hydrogens is 561 g/mol. The molecule has 0 aliphatic carbocycles. The molecule has 1 aliphatic rings. The molecule has 15 heteroatoms. The summed E-state index contributed by atoms with van der Waals surface area (Å²) in [5, 5.41) is 15.2. The lowest BCUT2D eigenvalue weighted by atomic mass is 10.1. The van der Waals surface area contributed by atoms with Crippen LogP contribution in [0.3, 0.4) is 0 Å². The number of benzene rings is 1. The molecule has 1 amide bonds. The number of aliphatic hydroxyl groups is 1. The number of halogens is 3. The molecular formula is C27H33F3N6O6. The van der Waals surface area contributed by atoms with E-state index in [4.69, 9.17) is 14.2 Å². The largest absolute Gasteiger partial charge is 0.446 e. The van der Waals surface area contributed by atoms with E-state index in [0.717, 1.165) is 16.7 Å². The highest BCUT2D eigenvalue weighted by Gasteiger charge is 2.42. The molecule has 2 aromatic heterocycles. The Morgan fingerprint density at radius 3 is 2.57 bits per heavy atom. The smallest absolute Gasteiger partial charge is 0.420 e. The first kappa shape index (κ1) is 31.0. The first-order valence-corrected chi connectivity index (χ1v) is 13.4. The Morgan fingerprint density at radius 1 is 1.12 bits per heavy atom. The summed E-state index contributed by atoms with van der Waals surface area (Å²) < 4.78 is 57.7. The van der Waals surface area contributed by atoms with Crippen molar-refractivity contribution < 1.29 is 42.1 Å². The molecule has 3 aromatic rings. The lowest BCUT2D eigenvalue weighted by molar-refractivity contribution is -0.137. The molecule has 12 nitrogen and oxygen atoms in total. The SMILES string of the molecule is CCCN1C(=O)c2c(nc(-c3cnn(Cc4cccc(C(F)(F)F)c4)c3)n2C(=O)OCCOCCOC)N(CC)C1O. The van der Waals surface area contributed by atoms with Crippen LogP contribution in [-0.2, 0) is 26.9 Å². The van der Waals surface area contributed by atoms with Gasteiger partial charge >= 0.3 is 12.3 Å². The summed E-state index contributed by atoms with van der Waals surface area (Å²) in [4.78, 5) is 34.3. The Labute approximate surface area is 240 Å². The second-order valence-electron chi connectivity index (χ2n) is 9.42. The molecule has 0 radical (unpaired) electrons. The van der Waals surface area contributed by atoms with Gasteiger partial charge in [0.1, 0.15) is 6.61 Å². The summed E-state index contributed by atoms with van der Waals surface area (Å²) in [6.45, 7) is 4.79. The topological polar surface area (TPSA) is 124 Å². The number of ether oxygens (including phenoxy) is 3. The third-order valence-corrected chi connectivity index (χ3v) is 6.52. The molecule has 0 bridgehead atoms. The highest BCUT2D eigenvalue weighted by Crippen LogP contribution is 2.35. The van der Waals surface area contributed by atoms with Crippen molar-refractivity contribution in [2.75, 3.05) is 51.5 Å². The number of carbonyl (C=O) groups is 2. The molecule has 4 rings (SSSR count). The minimum Gasteiger partial charge on any atom is -0.446 e. The molecule has 1 aliphatic heterocycles. The molecule has 1 aromatic carbocycles. The summed E-state index contributed by atoms with van der Waals surface area (Å²) in [6.07, 6.45) is -3.22. The number of amides is 1. The van der Waals surface area contributed by atoms with Crippen molar-refractivity contribution in [1.29, 1.82) is 0 Å². The van der Waals surface area contributed by atoms with Gasteiger partial charge in [0.2, 0.25) is 6.35 Å². The zero-order chi connectivity index (χ0) is 30.4. The van der Waals surface area contributed by atoms with E-state index in [2.05, 4.69) is 10.1 Å². The van der Waals surface area contributed by atoms with Gasteiger partial charge in [-0.15, -0.1) is 0 Å². The van der Waals surface area contributed by atoms with Gasteiger partial charge in [0.05, 0.1) is 43.7 Å². The molecule has 228 valence electrons. The normalized spacial score (nSPS) is 15.3. The third-order valence-electron chi connectivity index (χ3n) is 6.52. The Kier molecular flexibility index (Phi) is 9.85. The Balaban J connectivity index is 1.70. The molecule has 0 spiro atoms. The van der Waals surface area contributed by atoms with E-state index in [9.17, 15) is 27.9 Å². The number of nitrogens with zero attached hydrogens (tertiary/aromatic N) is 6. The Hall–Kier alpha value is -3.95. The minimum atomic E-state index is -4.49. The molecule has 0 fully saturated rings. The fourth-order valence-corrected chi connectivity index (χ4v) is 4.56. The molecule has 1 N–H and O–H groups in total. The Bertz CT molecular complexity index is 1390. The lowest BCUT2D eigenvalue weighted by Gasteiger charge is -2.39. The molecule has 1 atom stereocenters. The number of aliphatic hydroxyl groups excluding tert-OH is 1. The van der Waals surface area contributed by atoms with Gasteiger partial charge in [0.25, 0.3) is 5.91 Å². The molecule has 3 heterocycles. The van der Waals surface area contributed by atoms with Gasteiger partial charge in [-0.3, -0.25) is 14.4 Å². The molecule has 42 heavy (non-hydrogen) atoms.